The van der Waals surface area contributed by atoms with E-state index < -0.39 is 9.76 Å². The molecular weight excluding hydrogens is 104 g/mol. The molecule has 0 aliphatic carbocycles. The van der Waals surface area contributed by atoms with Crippen LogP contribution in [0.15, 0.2) is 0 Å². The van der Waals surface area contributed by atoms with Gasteiger partial charge >= 0.3 is 0 Å². The Labute approximate surface area is 47.7 Å². The zero-order valence-electron chi connectivity index (χ0n) is 5.32. The lowest BCUT2D eigenvalue weighted by Crippen LogP contribution is -2.08. The molecule has 0 amide bonds. The van der Waals surface area contributed by atoms with Gasteiger partial charge in [0, 0.05) is 0 Å². The van der Waals surface area contributed by atoms with E-state index in [2.05, 4.69) is 6.92 Å². The maximum absolute atomic E-state index is 10.3. The van der Waals surface area contributed by atoms with Crippen LogP contribution in [0.25, 0.3) is 0 Å². The van der Waals surface area contributed by atoms with Crippen molar-refractivity contribution < 1.29 is 4.80 Å². The fourth-order valence-corrected chi connectivity index (χ4v) is 0.306. The molecule has 0 heterocycles. The third-order valence-electron chi connectivity index (χ3n) is 1.35. The molecule has 1 radical (unpaired) electrons. The summed E-state index contributed by atoms with van der Waals surface area (Å²) in [6.07, 6.45) is 1.04. The summed E-state index contributed by atoms with van der Waals surface area (Å²) in [6, 6.07) is 0. The van der Waals surface area contributed by atoms with Crippen molar-refractivity contribution in [3.63, 3.8) is 0 Å². The Bertz CT molecular complexity index is 46.0. The smallest absolute Gasteiger partial charge is 0.212 e. The molecule has 0 aromatic carbocycles. The van der Waals surface area contributed by atoms with Gasteiger partial charge < -0.3 is 4.80 Å². The van der Waals surface area contributed by atoms with Gasteiger partial charge in [-0.1, -0.05) is 27.2 Å². The van der Waals surface area contributed by atoms with Crippen LogP contribution < -0.4 is 0 Å². The van der Waals surface area contributed by atoms with Gasteiger partial charge in [0.25, 0.3) is 0 Å². The average Bonchev–Trinajstić information content (AvgIpc) is 1.68. The van der Waals surface area contributed by atoms with Crippen LogP contribution in [0.3, 0.4) is 0 Å². The van der Waals surface area contributed by atoms with Crippen LogP contribution in [-0.4, -0.2) is 9.76 Å². The summed E-state index contributed by atoms with van der Waals surface area (Å²) >= 11 is 0. The second kappa shape index (κ2) is 2.48. The molecule has 0 rings (SSSR count). The molecule has 2 heteroatoms. The summed E-state index contributed by atoms with van der Waals surface area (Å²) in [6.45, 7) is 6.17. The van der Waals surface area contributed by atoms with Gasteiger partial charge in [-0.3, -0.25) is 0 Å². The first-order valence-corrected chi connectivity index (χ1v) is 3.99. The number of rotatable bonds is 2. The molecule has 0 aliphatic heterocycles. The maximum Gasteiger partial charge on any atom is 0.212 e. The molecule has 0 aromatic heterocycles. The Morgan fingerprint density at radius 3 is 2.00 bits per heavy atom. The van der Waals surface area contributed by atoms with Crippen molar-refractivity contribution in [2.24, 2.45) is 0 Å². The molecule has 0 spiro atoms. The predicted molar refractivity (Wildman–Crippen MR) is 33.6 cm³/mol. The van der Waals surface area contributed by atoms with Crippen LogP contribution in [0.4, 0.5) is 0 Å². The van der Waals surface area contributed by atoms with Crippen molar-refractivity contribution in [1.29, 1.82) is 0 Å². The van der Waals surface area contributed by atoms with Crippen molar-refractivity contribution in [1.82, 2.24) is 0 Å². The van der Waals surface area contributed by atoms with Gasteiger partial charge in [-0.25, -0.2) is 0 Å². The van der Waals surface area contributed by atoms with E-state index in [1.54, 1.807) is 0 Å². The Hall–Kier alpha value is 0.177. The third kappa shape index (κ3) is 2.82. The largest absolute Gasteiger partial charge is 0.306 e. The van der Waals surface area contributed by atoms with E-state index >= 15 is 0 Å². The first kappa shape index (κ1) is 7.18. The molecule has 0 atom stereocenters. The van der Waals surface area contributed by atoms with Crippen LogP contribution in [0.5, 0.6) is 0 Å². The zero-order valence-corrected chi connectivity index (χ0v) is 6.74. The number of hydrogen-bond acceptors (Lipinski definition) is 0. The highest BCUT2D eigenvalue weighted by atomic mass is 28.2. The summed E-state index contributed by atoms with van der Waals surface area (Å²) in [5.74, 6) is 0. The summed E-state index contributed by atoms with van der Waals surface area (Å²) in [5, 5.41) is 0.167. The summed E-state index contributed by atoms with van der Waals surface area (Å²) < 4.78 is 0. The molecule has 43 valence electrons. The lowest BCUT2D eigenvalue weighted by molar-refractivity contribution is 0.427. The standard InChI is InChI=1S/C5H13OSi/c1-4-5(2,3)7-6/h4,7H2,1-3H3. The average molecular weight is 117 g/mol. The first-order valence-electron chi connectivity index (χ1n) is 2.70. The molecule has 0 unspecified atom stereocenters. The Balaban J connectivity index is 3.36. The highest BCUT2D eigenvalue weighted by Crippen LogP contribution is 2.24. The predicted octanol–water partition coefficient (Wildman–Crippen LogP) is 1.11. The summed E-state index contributed by atoms with van der Waals surface area (Å²) in [4.78, 5) is 10.3. The summed E-state index contributed by atoms with van der Waals surface area (Å²) in [5.41, 5.74) is 0. The van der Waals surface area contributed by atoms with Gasteiger partial charge in [0.15, 0.2) is 0 Å². The lowest BCUT2D eigenvalue weighted by Gasteiger charge is -2.15. The van der Waals surface area contributed by atoms with E-state index in [1.807, 2.05) is 13.8 Å². The maximum atomic E-state index is 10.3. The molecule has 0 bridgehead atoms. The van der Waals surface area contributed by atoms with Gasteiger partial charge in [0.05, 0.1) is 0 Å². The van der Waals surface area contributed by atoms with Gasteiger partial charge in [0.2, 0.25) is 9.76 Å². The Kier molecular flexibility index (Phi) is 2.54. The second-order valence-electron chi connectivity index (χ2n) is 2.66. The first-order chi connectivity index (χ1) is 3.12. The minimum atomic E-state index is -1.01. The quantitative estimate of drug-likeness (QED) is 0.483. The van der Waals surface area contributed by atoms with Crippen molar-refractivity contribution in [2.75, 3.05) is 0 Å². The van der Waals surface area contributed by atoms with Gasteiger partial charge in [-0.15, -0.1) is 0 Å². The van der Waals surface area contributed by atoms with Crippen molar-refractivity contribution in [3.05, 3.63) is 0 Å². The second-order valence-corrected chi connectivity index (χ2v) is 4.86. The monoisotopic (exact) mass is 117 g/mol. The van der Waals surface area contributed by atoms with E-state index in [1.165, 1.54) is 0 Å². The third-order valence-corrected chi connectivity index (χ3v) is 2.63. The fraction of sp³-hybridized carbons (Fsp3) is 1.00. The summed E-state index contributed by atoms with van der Waals surface area (Å²) in [7, 11) is -1.01. The van der Waals surface area contributed by atoms with Crippen LogP contribution >= 0.6 is 0 Å². The molecular formula is C5H13OSi. The van der Waals surface area contributed by atoms with Crippen LogP contribution in [0.2, 0.25) is 5.04 Å². The normalized spacial score (nSPS) is 13.7. The molecule has 0 fully saturated rings. The SMILES string of the molecule is CCC(C)(C)[SiH2][O]. The van der Waals surface area contributed by atoms with E-state index in [4.69, 9.17) is 0 Å². The fourth-order valence-electron chi connectivity index (χ4n) is 0.102. The molecule has 0 saturated carbocycles. The van der Waals surface area contributed by atoms with Crippen molar-refractivity contribution in [2.45, 2.75) is 32.2 Å². The van der Waals surface area contributed by atoms with Crippen LogP contribution in [0.1, 0.15) is 27.2 Å². The van der Waals surface area contributed by atoms with Crippen molar-refractivity contribution in [3.8, 4) is 0 Å². The Morgan fingerprint density at radius 2 is 2.00 bits per heavy atom. The van der Waals surface area contributed by atoms with Gasteiger partial charge in [0.1, 0.15) is 0 Å². The topological polar surface area (TPSA) is 19.9 Å². The molecule has 1 nitrogen and oxygen atoms in total. The van der Waals surface area contributed by atoms with E-state index in [-0.39, 0.29) is 5.04 Å². The minimum absolute atomic E-state index is 0.167. The highest BCUT2D eigenvalue weighted by molar-refractivity contribution is 6.29. The minimum Gasteiger partial charge on any atom is -0.306 e. The van der Waals surface area contributed by atoms with Crippen molar-refractivity contribution >= 4 is 9.76 Å². The van der Waals surface area contributed by atoms with E-state index in [0.717, 1.165) is 6.42 Å². The van der Waals surface area contributed by atoms with E-state index in [0.29, 0.717) is 0 Å². The molecule has 0 aliphatic rings. The molecule has 0 aromatic rings. The highest BCUT2D eigenvalue weighted by Gasteiger charge is 2.14. The lowest BCUT2D eigenvalue weighted by atomic mass is 10.1. The molecule has 0 saturated heterocycles. The van der Waals surface area contributed by atoms with Gasteiger partial charge in [-0.05, 0) is 5.04 Å². The Morgan fingerprint density at radius 1 is 1.57 bits per heavy atom. The van der Waals surface area contributed by atoms with Gasteiger partial charge in [-0.2, -0.15) is 0 Å². The van der Waals surface area contributed by atoms with Crippen LogP contribution in [-0.2, 0) is 4.80 Å². The number of hydrogen-bond donors (Lipinski definition) is 0. The van der Waals surface area contributed by atoms with Crippen LogP contribution in [0, 0.1) is 0 Å². The zero-order chi connectivity index (χ0) is 5.91. The molecule has 0 N–H and O–H groups in total. The van der Waals surface area contributed by atoms with E-state index in [9.17, 15) is 4.80 Å². The molecule has 7 heavy (non-hydrogen) atoms.